The SMILES string of the molecule is N#Cc1cc(-c2cccc(-c3cc4c(c5ccccc35)c3ccc(-c5ccccc5)cc3n4-c3ccccc3)c2)ccn1. The Balaban J connectivity index is 1.45. The van der Waals surface area contributed by atoms with E-state index in [9.17, 15) is 5.26 Å². The second kappa shape index (κ2) is 10.1. The van der Waals surface area contributed by atoms with Crippen molar-refractivity contribution in [3.63, 3.8) is 0 Å². The van der Waals surface area contributed by atoms with Crippen LogP contribution in [0.4, 0.5) is 0 Å². The van der Waals surface area contributed by atoms with Gasteiger partial charge >= 0.3 is 0 Å². The van der Waals surface area contributed by atoms with Crippen molar-refractivity contribution in [2.75, 3.05) is 0 Å². The Morgan fingerprint density at radius 1 is 0.488 bits per heavy atom. The van der Waals surface area contributed by atoms with E-state index in [1.54, 1.807) is 6.20 Å². The number of para-hydroxylation sites is 1. The molecule has 0 aliphatic carbocycles. The number of rotatable bonds is 4. The van der Waals surface area contributed by atoms with Crippen LogP contribution in [0.3, 0.4) is 0 Å². The number of aromatic nitrogens is 2. The van der Waals surface area contributed by atoms with Crippen molar-refractivity contribution >= 4 is 32.6 Å². The van der Waals surface area contributed by atoms with Crippen LogP contribution in [-0.4, -0.2) is 9.55 Å². The molecule has 43 heavy (non-hydrogen) atoms. The highest BCUT2D eigenvalue weighted by Crippen LogP contribution is 2.42. The first-order chi connectivity index (χ1) is 21.3. The number of nitriles is 1. The Labute approximate surface area is 249 Å². The summed E-state index contributed by atoms with van der Waals surface area (Å²) in [6.45, 7) is 0. The summed E-state index contributed by atoms with van der Waals surface area (Å²) in [4.78, 5) is 4.16. The lowest BCUT2D eigenvalue weighted by Gasteiger charge is -2.13. The molecule has 0 aliphatic heterocycles. The van der Waals surface area contributed by atoms with E-state index in [0.29, 0.717) is 5.69 Å². The van der Waals surface area contributed by atoms with Crippen LogP contribution in [0, 0.1) is 11.3 Å². The van der Waals surface area contributed by atoms with Crippen LogP contribution in [0.25, 0.3) is 71.6 Å². The molecule has 0 amide bonds. The molecule has 0 N–H and O–H groups in total. The number of hydrogen-bond acceptors (Lipinski definition) is 2. The number of pyridine rings is 1. The van der Waals surface area contributed by atoms with Crippen molar-refractivity contribution in [1.82, 2.24) is 9.55 Å². The Morgan fingerprint density at radius 3 is 1.98 bits per heavy atom. The van der Waals surface area contributed by atoms with Gasteiger partial charge in [-0.2, -0.15) is 5.26 Å². The summed E-state index contributed by atoms with van der Waals surface area (Å²) in [5.41, 5.74) is 10.6. The van der Waals surface area contributed by atoms with E-state index >= 15 is 0 Å². The third-order valence-corrected chi connectivity index (χ3v) is 8.28. The molecule has 8 aromatic rings. The maximum Gasteiger partial charge on any atom is 0.141 e. The molecule has 0 unspecified atom stereocenters. The predicted octanol–water partition coefficient (Wildman–Crippen LogP) is 10.2. The van der Waals surface area contributed by atoms with E-state index < -0.39 is 0 Å². The minimum atomic E-state index is 0.414. The van der Waals surface area contributed by atoms with Crippen LogP contribution in [0.2, 0.25) is 0 Å². The molecule has 0 radical (unpaired) electrons. The Bertz CT molecular complexity index is 2340. The molecule has 0 fully saturated rings. The van der Waals surface area contributed by atoms with E-state index in [2.05, 4.69) is 149 Å². The minimum Gasteiger partial charge on any atom is -0.309 e. The molecule has 2 heterocycles. The summed E-state index contributed by atoms with van der Waals surface area (Å²) >= 11 is 0. The molecule has 0 aliphatic rings. The zero-order valence-electron chi connectivity index (χ0n) is 23.3. The van der Waals surface area contributed by atoms with E-state index in [4.69, 9.17) is 0 Å². The number of nitrogens with zero attached hydrogens (tertiary/aromatic N) is 3. The van der Waals surface area contributed by atoms with Crippen LogP contribution >= 0.6 is 0 Å². The van der Waals surface area contributed by atoms with Gasteiger partial charge in [0.1, 0.15) is 11.8 Å². The summed E-state index contributed by atoms with van der Waals surface area (Å²) < 4.78 is 2.40. The maximum atomic E-state index is 9.41. The van der Waals surface area contributed by atoms with Crippen LogP contribution in [0.1, 0.15) is 5.69 Å². The lowest BCUT2D eigenvalue weighted by Crippen LogP contribution is -1.94. The quantitative estimate of drug-likeness (QED) is 0.220. The largest absolute Gasteiger partial charge is 0.309 e. The van der Waals surface area contributed by atoms with Gasteiger partial charge in [-0.3, -0.25) is 0 Å². The number of hydrogen-bond donors (Lipinski definition) is 0. The summed E-state index contributed by atoms with van der Waals surface area (Å²) in [6, 6.07) is 53.6. The average Bonchev–Trinajstić information content (AvgIpc) is 3.42. The monoisotopic (exact) mass is 547 g/mol. The van der Waals surface area contributed by atoms with E-state index in [-0.39, 0.29) is 0 Å². The zero-order chi connectivity index (χ0) is 28.8. The molecule has 8 rings (SSSR count). The van der Waals surface area contributed by atoms with Crippen molar-refractivity contribution in [3.8, 4) is 45.1 Å². The van der Waals surface area contributed by atoms with Gasteiger partial charge in [0.2, 0.25) is 0 Å². The van der Waals surface area contributed by atoms with Crippen molar-refractivity contribution in [1.29, 1.82) is 5.26 Å². The molecule has 200 valence electrons. The van der Waals surface area contributed by atoms with Gasteiger partial charge in [-0.1, -0.05) is 103 Å². The molecular formula is C40H25N3. The fourth-order valence-electron chi connectivity index (χ4n) is 6.32. The van der Waals surface area contributed by atoms with Crippen molar-refractivity contribution in [2.24, 2.45) is 0 Å². The van der Waals surface area contributed by atoms with Gasteiger partial charge in [-0.25, -0.2) is 4.98 Å². The predicted molar refractivity (Wildman–Crippen MR) is 177 cm³/mol. The maximum absolute atomic E-state index is 9.41. The number of benzene rings is 6. The Kier molecular flexibility index (Phi) is 5.84. The van der Waals surface area contributed by atoms with Gasteiger partial charge in [0, 0.05) is 22.7 Å². The summed E-state index contributed by atoms with van der Waals surface area (Å²) in [5, 5.41) is 14.3. The molecule has 0 saturated heterocycles. The highest BCUT2D eigenvalue weighted by atomic mass is 15.0. The molecule has 2 aromatic heterocycles. The molecule has 6 aromatic carbocycles. The molecule has 0 spiro atoms. The minimum absolute atomic E-state index is 0.414. The molecule has 0 atom stereocenters. The van der Waals surface area contributed by atoms with Crippen LogP contribution < -0.4 is 0 Å². The summed E-state index contributed by atoms with van der Waals surface area (Å²) in [6.07, 6.45) is 1.70. The van der Waals surface area contributed by atoms with Crippen LogP contribution in [0.5, 0.6) is 0 Å². The lowest BCUT2D eigenvalue weighted by atomic mass is 9.93. The Hall–Kier alpha value is -5.98. The van der Waals surface area contributed by atoms with E-state index in [1.807, 2.05) is 12.1 Å². The van der Waals surface area contributed by atoms with Gasteiger partial charge in [0.15, 0.2) is 0 Å². The first-order valence-electron chi connectivity index (χ1n) is 14.4. The lowest BCUT2D eigenvalue weighted by molar-refractivity contribution is 1.18. The van der Waals surface area contributed by atoms with Gasteiger partial charge in [0.25, 0.3) is 0 Å². The Morgan fingerprint density at radius 2 is 1.16 bits per heavy atom. The first kappa shape index (κ1) is 24.8. The van der Waals surface area contributed by atoms with Crippen molar-refractivity contribution < 1.29 is 0 Å². The smallest absolute Gasteiger partial charge is 0.141 e. The second-order valence-corrected chi connectivity index (χ2v) is 10.8. The highest BCUT2D eigenvalue weighted by molar-refractivity contribution is 6.24. The highest BCUT2D eigenvalue weighted by Gasteiger charge is 2.19. The summed E-state index contributed by atoms with van der Waals surface area (Å²) in [7, 11) is 0. The zero-order valence-corrected chi connectivity index (χ0v) is 23.3. The van der Waals surface area contributed by atoms with Crippen molar-refractivity contribution in [3.05, 3.63) is 157 Å². The summed E-state index contributed by atoms with van der Waals surface area (Å²) in [5.74, 6) is 0. The first-order valence-corrected chi connectivity index (χ1v) is 14.4. The average molecular weight is 548 g/mol. The standard InChI is InChI=1S/C40H25N3/c41-26-32-23-30(20-21-42-32)28-12-9-13-31(22-28)37-25-39-40(35-17-8-7-16-34(35)37)36-19-18-29(27-10-3-1-4-11-27)24-38(36)43(39)33-14-5-2-6-15-33/h1-25H. The topological polar surface area (TPSA) is 41.6 Å². The van der Waals surface area contributed by atoms with Crippen molar-refractivity contribution in [2.45, 2.75) is 0 Å². The van der Waals surface area contributed by atoms with Gasteiger partial charge in [-0.05, 0) is 86.6 Å². The molecular weight excluding hydrogens is 522 g/mol. The van der Waals surface area contributed by atoms with Crippen LogP contribution in [0.15, 0.2) is 152 Å². The van der Waals surface area contributed by atoms with Gasteiger partial charge in [-0.15, -0.1) is 0 Å². The van der Waals surface area contributed by atoms with Gasteiger partial charge < -0.3 is 4.57 Å². The molecule has 0 bridgehead atoms. The molecule has 3 heteroatoms. The normalized spacial score (nSPS) is 11.2. The fraction of sp³-hybridized carbons (Fsp3) is 0. The van der Waals surface area contributed by atoms with Gasteiger partial charge in [0.05, 0.1) is 11.0 Å². The molecule has 0 saturated carbocycles. The van der Waals surface area contributed by atoms with Crippen LogP contribution in [-0.2, 0) is 0 Å². The third kappa shape index (κ3) is 4.17. The van der Waals surface area contributed by atoms with E-state index in [0.717, 1.165) is 22.4 Å². The third-order valence-electron chi connectivity index (χ3n) is 8.28. The second-order valence-electron chi connectivity index (χ2n) is 10.8. The fourth-order valence-corrected chi connectivity index (χ4v) is 6.32. The number of fused-ring (bicyclic) bond motifs is 5. The van der Waals surface area contributed by atoms with E-state index in [1.165, 1.54) is 49.3 Å². The molecule has 3 nitrogen and oxygen atoms in total.